The van der Waals surface area contributed by atoms with Crippen LogP contribution in [0.4, 0.5) is 0 Å². The molecule has 0 rings (SSSR count). The lowest BCUT2D eigenvalue weighted by Crippen LogP contribution is -2.30. The summed E-state index contributed by atoms with van der Waals surface area (Å²) in [7, 11) is 0. The van der Waals surface area contributed by atoms with Crippen molar-refractivity contribution in [3.63, 3.8) is 0 Å². The summed E-state index contributed by atoms with van der Waals surface area (Å²) in [5, 5.41) is 0. The topological polar surface area (TPSA) is 15.6 Å². The minimum absolute atomic E-state index is 1.03. The molecule has 25 heavy (non-hydrogen) atoms. The van der Waals surface area contributed by atoms with E-state index in [-0.39, 0.29) is 0 Å². The summed E-state index contributed by atoms with van der Waals surface area (Å²) in [6.45, 7) is 12.2. The summed E-state index contributed by atoms with van der Waals surface area (Å²) in [4.78, 5) is 7.21. The minimum Gasteiger partial charge on any atom is -0.361 e. The number of amidine groups is 1. The van der Waals surface area contributed by atoms with Gasteiger partial charge in [-0.1, -0.05) is 97.3 Å². The van der Waals surface area contributed by atoms with Crippen molar-refractivity contribution < 1.29 is 0 Å². The van der Waals surface area contributed by atoms with Gasteiger partial charge in [0.15, 0.2) is 0 Å². The van der Waals surface area contributed by atoms with E-state index in [1.807, 2.05) is 0 Å². The zero-order valence-corrected chi connectivity index (χ0v) is 18.1. The van der Waals surface area contributed by atoms with Crippen molar-refractivity contribution in [3.05, 3.63) is 0 Å². The minimum atomic E-state index is 1.03. The Kier molecular flexibility index (Phi) is 19.4. The number of unbranched alkanes of at least 4 members (excludes halogenated alkanes) is 13. The van der Waals surface area contributed by atoms with E-state index < -0.39 is 0 Å². The Labute approximate surface area is 159 Å². The molecule has 0 radical (unpaired) electrons. The summed E-state index contributed by atoms with van der Waals surface area (Å²) in [6, 6.07) is 0. The van der Waals surface area contributed by atoms with E-state index in [0.717, 1.165) is 26.1 Å². The molecule has 150 valence electrons. The van der Waals surface area contributed by atoms with Crippen molar-refractivity contribution in [3.8, 4) is 0 Å². The molecule has 0 amide bonds. The van der Waals surface area contributed by atoms with Crippen LogP contribution in [0.25, 0.3) is 0 Å². The number of nitrogens with zero attached hydrogens (tertiary/aromatic N) is 2. The quantitative estimate of drug-likeness (QED) is 0.141. The summed E-state index contributed by atoms with van der Waals surface area (Å²) in [5.74, 6) is 1.31. The van der Waals surface area contributed by atoms with Crippen LogP contribution in [0.5, 0.6) is 0 Å². The van der Waals surface area contributed by atoms with Crippen LogP contribution in [0.15, 0.2) is 4.99 Å². The van der Waals surface area contributed by atoms with Crippen LogP contribution < -0.4 is 0 Å². The maximum absolute atomic E-state index is 4.82. The molecule has 0 aromatic heterocycles. The van der Waals surface area contributed by atoms with E-state index in [9.17, 15) is 0 Å². The fourth-order valence-electron chi connectivity index (χ4n) is 3.54. The molecular formula is C23H48N2. The number of hydrogen-bond acceptors (Lipinski definition) is 1. The molecule has 0 aliphatic carbocycles. The number of rotatable bonds is 18. The standard InChI is InChI=1S/C23H48N2/c1-5-9-10-11-12-13-14-15-16-17-18-19-20-21-22-24-23(6-2)25(7-3)8-4/h5-22H2,1-4H3. The average molecular weight is 353 g/mol. The third-order valence-corrected chi connectivity index (χ3v) is 5.25. The maximum atomic E-state index is 4.82. The molecule has 0 N–H and O–H groups in total. The predicted octanol–water partition coefficient (Wildman–Crippen LogP) is 7.62. The highest BCUT2D eigenvalue weighted by atomic mass is 15.2. The van der Waals surface area contributed by atoms with Gasteiger partial charge in [0, 0.05) is 26.1 Å². The zero-order chi connectivity index (χ0) is 18.6. The third-order valence-electron chi connectivity index (χ3n) is 5.25. The van der Waals surface area contributed by atoms with Gasteiger partial charge >= 0.3 is 0 Å². The Morgan fingerprint density at radius 1 is 0.560 bits per heavy atom. The van der Waals surface area contributed by atoms with Crippen molar-refractivity contribution in [2.75, 3.05) is 19.6 Å². The van der Waals surface area contributed by atoms with E-state index in [1.165, 1.54) is 95.7 Å². The Morgan fingerprint density at radius 2 is 0.960 bits per heavy atom. The average Bonchev–Trinajstić information content (AvgIpc) is 2.64. The van der Waals surface area contributed by atoms with E-state index in [2.05, 4.69) is 32.6 Å². The largest absolute Gasteiger partial charge is 0.361 e. The summed E-state index contributed by atoms with van der Waals surface area (Å²) in [6.07, 6.45) is 21.0. The highest BCUT2D eigenvalue weighted by molar-refractivity contribution is 5.81. The van der Waals surface area contributed by atoms with Crippen molar-refractivity contribution in [1.82, 2.24) is 4.90 Å². The fourth-order valence-corrected chi connectivity index (χ4v) is 3.54. The normalized spacial score (nSPS) is 11.9. The van der Waals surface area contributed by atoms with Gasteiger partial charge in [-0.05, 0) is 20.3 Å². The molecular weight excluding hydrogens is 304 g/mol. The van der Waals surface area contributed by atoms with Gasteiger partial charge in [0.05, 0.1) is 5.84 Å². The Balaban J connectivity index is 3.36. The van der Waals surface area contributed by atoms with Gasteiger partial charge in [0.25, 0.3) is 0 Å². The van der Waals surface area contributed by atoms with Gasteiger partial charge in [-0.3, -0.25) is 4.99 Å². The van der Waals surface area contributed by atoms with Crippen LogP contribution >= 0.6 is 0 Å². The summed E-state index contributed by atoms with van der Waals surface area (Å²) >= 11 is 0. The highest BCUT2D eigenvalue weighted by Gasteiger charge is 2.03. The Hall–Kier alpha value is -0.530. The van der Waals surface area contributed by atoms with E-state index >= 15 is 0 Å². The van der Waals surface area contributed by atoms with E-state index in [4.69, 9.17) is 4.99 Å². The zero-order valence-electron chi connectivity index (χ0n) is 18.1. The molecule has 2 nitrogen and oxygen atoms in total. The van der Waals surface area contributed by atoms with Crippen LogP contribution in [0.3, 0.4) is 0 Å². The molecule has 0 atom stereocenters. The summed E-state index contributed by atoms with van der Waals surface area (Å²) < 4.78 is 0. The molecule has 0 aromatic carbocycles. The molecule has 0 saturated carbocycles. The predicted molar refractivity (Wildman–Crippen MR) is 116 cm³/mol. The first-order valence-corrected chi connectivity index (χ1v) is 11.6. The number of aliphatic imine (C=N–C) groups is 1. The monoisotopic (exact) mass is 352 g/mol. The lowest BCUT2D eigenvalue weighted by Gasteiger charge is -2.22. The molecule has 0 aromatic rings. The molecule has 0 aliphatic rings. The van der Waals surface area contributed by atoms with Gasteiger partial charge in [-0.25, -0.2) is 0 Å². The van der Waals surface area contributed by atoms with Crippen LogP contribution in [-0.4, -0.2) is 30.4 Å². The first kappa shape index (κ1) is 24.5. The Morgan fingerprint density at radius 3 is 1.32 bits per heavy atom. The lowest BCUT2D eigenvalue weighted by molar-refractivity contribution is 0.454. The molecule has 0 aliphatic heterocycles. The second-order valence-electron chi connectivity index (χ2n) is 7.42. The molecule has 0 fully saturated rings. The van der Waals surface area contributed by atoms with Gasteiger partial charge < -0.3 is 4.90 Å². The molecule has 0 heterocycles. The van der Waals surface area contributed by atoms with Crippen molar-refractivity contribution in [2.24, 2.45) is 4.99 Å². The molecule has 0 bridgehead atoms. The van der Waals surface area contributed by atoms with Crippen molar-refractivity contribution >= 4 is 5.84 Å². The first-order valence-electron chi connectivity index (χ1n) is 11.6. The van der Waals surface area contributed by atoms with Crippen molar-refractivity contribution in [1.29, 1.82) is 0 Å². The van der Waals surface area contributed by atoms with Crippen molar-refractivity contribution in [2.45, 2.75) is 124 Å². The summed E-state index contributed by atoms with van der Waals surface area (Å²) in [5.41, 5.74) is 0. The highest BCUT2D eigenvalue weighted by Crippen LogP contribution is 2.13. The van der Waals surface area contributed by atoms with Gasteiger partial charge in [-0.15, -0.1) is 0 Å². The molecule has 0 unspecified atom stereocenters. The smallest absolute Gasteiger partial charge is 0.0985 e. The third kappa shape index (κ3) is 15.4. The second kappa shape index (κ2) is 19.8. The lowest BCUT2D eigenvalue weighted by atomic mass is 10.0. The van der Waals surface area contributed by atoms with Crippen LogP contribution in [0.1, 0.15) is 124 Å². The van der Waals surface area contributed by atoms with Gasteiger partial charge in [0.1, 0.15) is 0 Å². The SMILES string of the molecule is CCCCCCCCCCCCCCCCN=C(CC)N(CC)CC. The molecule has 0 spiro atoms. The van der Waals surface area contributed by atoms with Crippen LogP contribution in [0, 0.1) is 0 Å². The number of hydrogen-bond donors (Lipinski definition) is 0. The second-order valence-corrected chi connectivity index (χ2v) is 7.42. The van der Waals surface area contributed by atoms with E-state index in [0.29, 0.717) is 0 Å². The first-order chi connectivity index (χ1) is 12.3. The van der Waals surface area contributed by atoms with E-state index in [1.54, 1.807) is 0 Å². The maximum Gasteiger partial charge on any atom is 0.0985 e. The molecule has 2 heteroatoms. The molecule has 0 saturated heterocycles. The Bertz CT molecular complexity index is 282. The van der Waals surface area contributed by atoms with Crippen LogP contribution in [-0.2, 0) is 0 Å². The fraction of sp³-hybridized carbons (Fsp3) is 0.957. The van der Waals surface area contributed by atoms with Gasteiger partial charge in [0.2, 0.25) is 0 Å². The van der Waals surface area contributed by atoms with Crippen LogP contribution in [0.2, 0.25) is 0 Å². The van der Waals surface area contributed by atoms with Gasteiger partial charge in [-0.2, -0.15) is 0 Å².